The van der Waals surface area contributed by atoms with Crippen molar-refractivity contribution in [1.29, 1.82) is 5.41 Å². The van der Waals surface area contributed by atoms with Gasteiger partial charge < -0.3 is 4.90 Å². The SMILES string of the molecule is CCN1C(=N)SCN(C(C)(C)C)C1=O. The van der Waals surface area contributed by atoms with Crippen molar-refractivity contribution in [3.63, 3.8) is 0 Å². The molecule has 1 N–H and O–H groups in total. The number of hydrogen-bond acceptors (Lipinski definition) is 3. The highest BCUT2D eigenvalue weighted by Crippen LogP contribution is 2.25. The van der Waals surface area contributed by atoms with Crippen LogP contribution in [-0.2, 0) is 0 Å². The first kappa shape index (κ1) is 11.4. The van der Waals surface area contributed by atoms with E-state index in [0.717, 1.165) is 0 Å². The molecule has 0 atom stereocenters. The number of hydrogen-bond donors (Lipinski definition) is 1. The Labute approximate surface area is 89.1 Å². The molecule has 80 valence electrons. The molecule has 1 heterocycles. The van der Waals surface area contributed by atoms with Crippen molar-refractivity contribution in [2.75, 3.05) is 12.4 Å². The van der Waals surface area contributed by atoms with Gasteiger partial charge in [-0.15, -0.1) is 0 Å². The summed E-state index contributed by atoms with van der Waals surface area (Å²) in [7, 11) is 0. The lowest BCUT2D eigenvalue weighted by molar-refractivity contribution is 0.140. The molecular weight excluding hydrogens is 198 g/mol. The lowest BCUT2D eigenvalue weighted by Gasteiger charge is -2.42. The third kappa shape index (κ3) is 2.03. The zero-order chi connectivity index (χ0) is 10.9. The zero-order valence-electron chi connectivity index (χ0n) is 9.13. The summed E-state index contributed by atoms with van der Waals surface area (Å²) in [6.07, 6.45) is 0. The van der Waals surface area contributed by atoms with Gasteiger partial charge in [-0.05, 0) is 27.7 Å². The van der Waals surface area contributed by atoms with Gasteiger partial charge in [0.1, 0.15) is 0 Å². The smallest absolute Gasteiger partial charge is 0.310 e. The molecule has 14 heavy (non-hydrogen) atoms. The largest absolute Gasteiger partial charge is 0.327 e. The number of carbonyl (C=O) groups excluding carboxylic acids is 1. The second-order valence-electron chi connectivity index (χ2n) is 4.20. The summed E-state index contributed by atoms with van der Waals surface area (Å²) in [5, 5.41) is 7.97. The Morgan fingerprint density at radius 3 is 2.50 bits per heavy atom. The number of amides is 2. The van der Waals surface area contributed by atoms with Crippen molar-refractivity contribution in [2.45, 2.75) is 33.2 Å². The minimum Gasteiger partial charge on any atom is -0.310 e. The van der Waals surface area contributed by atoms with Crippen LogP contribution in [0.1, 0.15) is 27.7 Å². The van der Waals surface area contributed by atoms with E-state index < -0.39 is 0 Å². The van der Waals surface area contributed by atoms with E-state index in [4.69, 9.17) is 5.41 Å². The normalized spacial score (nSPS) is 19.1. The van der Waals surface area contributed by atoms with Gasteiger partial charge in [-0.1, -0.05) is 11.8 Å². The van der Waals surface area contributed by atoms with Crippen LogP contribution >= 0.6 is 11.8 Å². The van der Waals surface area contributed by atoms with Crippen LogP contribution in [0, 0.1) is 5.41 Å². The molecule has 0 radical (unpaired) electrons. The molecule has 1 aliphatic rings. The Morgan fingerprint density at radius 1 is 1.50 bits per heavy atom. The molecule has 1 fully saturated rings. The quantitative estimate of drug-likeness (QED) is 0.728. The number of thioether (sulfide) groups is 1. The first-order valence-corrected chi connectivity index (χ1v) is 5.67. The standard InChI is InChI=1S/C9H17N3OS/c1-5-11-7(10)14-6-12(8(11)13)9(2,3)4/h10H,5-6H2,1-4H3. The van der Waals surface area contributed by atoms with E-state index >= 15 is 0 Å². The van der Waals surface area contributed by atoms with E-state index in [1.165, 1.54) is 16.7 Å². The van der Waals surface area contributed by atoms with Gasteiger partial charge in [-0.25, -0.2) is 4.79 Å². The minimum atomic E-state index is -0.168. The van der Waals surface area contributed by atoms with E-state index in [1.54, 1.807) is 4.90 Å². The van der Waals surface area contributed by atoms with Crippen LogP contribution < -0.4 is 0 Å². The van der Waals surface area contributed by atoms with E-state index in [2.05, 4.69) is 0 Å². The first-order chi connectivity index (χ1) is 6.38. The fourth-order valence-corrected chi connectivity index (χ4v) is 2.36. The second kappa shape index (κ2) is 3.81. The fourth-order valence-electron chi connectivity index (χ4n) is 1.25. The maximum absolute atomic E-state index is 11.9. The van der Waals surface area contributed by atoms with Crippen LogP contribution in [0.2, 0.25) is 0 Å². The van der Waals surface area contributed by atoms with E-state index in [1.807, 2.05) is 27.7 Å². The Kier molecular flexibility index (Phi) is 3.09. The molecule has 0 bridgehead atoms. The van der Waals surface area contributed by atoms with Crippen molar-refractivity contribution in [1.82, 2.24) is 9.80 Å². The Bertz CT molecular complexity index is 259. The van der Waals surface area contributed by atoms with Gasteiger partial charge in [0.05, 0.1) is 5.88 Å². The molecule has 4 nitrogen and oxygen atoms in total. The van der Waals surface area contributed by atoms with Gasteiger partial charge in [-0.2, -0.15) is 0 Å². The monoisotopic (exact) mass is 215 g/mol. The van der Waals surface area contributed by atoms with Crippen LogP contribution in [0.25, 0.3) is 0 Å². The molecule has 0 unspecified atom stereocenters. The summed E-state index contributed by atoms with van der Waals surface area (Å²) in [4.78, 5) is 15.2. The van der Waals surface area contributed by atoms with Crippen LogP contribution in [0.3, 0.4) is 0 Å². The summed E-state index contributed by atoms with van der Waals surface area (Å²) in [6, 6.07) is -0.0521. The molecule has 0 aliphatic carbocycles. The van der Waals surface area contributed by atoms with E-state index in [9.17, 15) is 4.79 Å². The van der Waals surface area contributed by atoms with Crippen LogP contribution in [-0.4, -0.2) is 39.0 Å². The maximum atomic E-state index is 11.9. The molecule has 1 rings (SSSR count). The zero-order valence-corrected chi connectivity index (χ0v) is 9.94. The lowest BCUT2D eigenvalue weighted by atomic mass is 10.1. The summed E-state index contributed by atoms with van der Waals surface area (Å²) < 4.78 is 0. The number of rotatable bonds is 1. The average molecular weight is 215 g/mol. The summed E-state index contributed by atoms with van der Waals surface area (Å²) in [5.41, 5.74) is -0.168. The maximum Gasteiger partial charge on any atom is 0.327 e. The minimum absolute atomic E-state index is 0.0521. The van der Waals surface area contributed by atoms with Crippen molar-refractivity contribution in [3.8, 4) is 0 Å². The molecule has 5 heteroatoms. The molecule has 0 aromatic carbocycles. The van der Waals surface area contributed by atoms with Crippen LogP contribution in [0.4, 0.5) is 4.79 Å². The number of urea groups is 1. The molecule has 1 saturated heterocycles. The average Bonchev–Trinajstić information content (AvgIpc) is 2.02. The summed E-state index contributed by atoms with van der Waals surface area (Å²) >= 11 is 1.40. The van der Waals surface area contributed by atoms with Gasteiger partial charge in [-0.3, -0.25) is 10.3 Å². The van der Waals surface area contributed by atoms with Crippen molar-refractivity contribution < 1.29 is 4.79 Å². The van der Waals surface area contributed by atoms with Crippen molar-refractivity contribution in [3.05, 3.63) is 0 Å². The predicted octanol–water partition coefficient (Wildman–Crippen LogP) is 2.17. The van der Waals surface area contributed by atoms with Crippen molar-refractivity contribution >= 4 is 23.0 Å². The van der Waals surface area contributed by atoms with Crippen molar-refractivity contribution in [2.24, 2.45) is 0 Å². The topological polar surface area (TPSA) is 47.4 Å². The molecule has 2 amide bonds. The highest BCUT2D eigenvalue weighted by atomic mass is 32.2. The van der Waals surface area contributed by atoms with Gasteiger partial charge in [0.15, 0.2) is 5.17 Å². The number of nitrogens with zero attached hydrogens (tertiary/aromatic N) is 2. The van der Waals surface area contributed by atoms with Crippen LogP contribution in [0.5, 0.6) is 0 Å². The molecule has 0 aromatic heterocycles. The van der Waals surface area contributed by atoms with Gasteiger partial charge >= 0.3 is 6.03 Å². The number of nitrogens with one attached hydrogen (secondary N) is 1. The van der Waals surface area contributed by atoms with E-state index in [0.29, 0.717) is 17.6 Å². The Morgan fingerprint density at radius 2 is 2.07 bits per heavy atom. The third-order valence-electron chi connectivity index (χ3n) is 2.16. The molecule has 0 aromatic rings. The number of carbonyl (C=O) groups is 1. The second-order valence-corrected chi connectivity index (χ2v) is 5.14. The molecular formula is C9H17N3OS. The highest BCUT2D eigenvalue weighted by Gasteiger charge is 2.35. The fraction of sp³-hybridized carbons (Fsp3) is 0.778. The molecule has 0 spiro atoms. The van der Waals surface area contributed by atoms with Crippen LogP contribution in [0.15, 0.2) is 0 Å². The highest BCUT2D eigenvalue weighted by molar-refractivity contribution is 8.13. The van der Waals surface area contributed by atoms with Gasteiger partial charge in [0.25, 0.3) is 0 Å². The molecule has 1 aliphatic heterocycles. The third-order valence-corrected chi connectivity index (χ3v) is 3.04. The summed E-state index contributed by atoms with van der Waals surface area (Å²) in [5.74, 6) is 0.581. The predicted molar refractivity (Wildman–Crippen MR) is 59.6 cm³/mol. The Hall–Kier alpha value is -0.710. The van der Waals surface area contributed by atoms with Gasteiger partial charge in [0.2, 0.25) is 0 Å². The molecule has 0 saturated carbocycles. The lowest BCUT2D eigenvalue weighted by Crippen LogP contribution is -2.56. The van der Waals surface area contributed by atoms with Gasteiger partial charge in [0, 0.05) is 12.1 Å². The van der Waals surface area contributed by atoms with E-state index in [-0.39, 0.29) is 11.6 Å². The summed E-state index contributed by atoms with van der Waals surface area (Å²) in [6.45, 7) is 8.48. The first-order valence-electron chi connectivity index (χ1n) is 4.68. The number of amidine groups is 1. The Balaban J connectivity index is 2.85.